The molecule has 0 bridgehead atoms. The summed E-state index contributed by atoms with van der Waals surface area (Å²) in [5.74, 6) is 0.370. The van der Waals surface area contributed by atoms with Crippen molar-refractivity contribution in [1.82, 2.24) is 9.88 Å². The molecule has 4 aromatic rings. The molecule has 2 heterocycles. The number of urea groups is 1. The summed E-state index contributed by atoms with van der Waals surface area (Å²) in [6.07, 6.45) is 1.14. The van der Waals surface area contributed by atoms with Crippen molar-refractivity contribution in [2.45, 2.75) is 19.8 Å². The summed E-state index contributed by atoms with van der Waals surface area (Å²) < 4.78 is 11.9. The Labute approximate surface area is 233 Å². The average molecular weight is 540 g/mol. The number of carbonyl (C=O) groups excluding carboxylic acids is 1. The summed E-state index contributed by atoms with van der Waals surface area (Å²) >= 11 is 0. The maximum atomic E-state index is 13.1. The largest absolute Gasteiger partial charge is 0.493 e. The number of amides is 2. The smallest absolute Gasteiger partial charge is 0.324 e. The summed E-state index contributed by atoms with van der Waals surface area (Å²) in [5, 5.41) is 9.90. The first-order valence-corrected chi connectivity index (χ1v) is 13.4. The van der Waals surface area contributed by atoms with Crippen LogP contribution < -0.4 is 9.64 Å². The van der Waals surface area contributed by atoms with Gasteiger partial charge in [0.1, 0.15) is 11.5 Å². The third-order valence-electron chi connectivity index (χ3n) is 7.38. The number of carboxylic acids is 1. The van der Waals surface area contributed by atoms with Gasteiger partial charge in [-0.25, -0.2) is 9.78 Å². The maximum absolute atomic E-state index is 13.1. The highest BCUT2D eigenvalue weighted by atomic mass is 16.5. The van der Waals surface area contributed by atoms with Gasteiger partial charge < -0.3 is 19.2 Å². The predicted molar refractivity (Wildman–Crippen MR) is 152 cm³/mol. The first kappa shape index (κ1) is 27.0. The van der Waals surface area contributed by atoms with E-state index in [9.17, 15) is 14.7 Å². The lowest BCUT2D eigenvalue weighted by atomic mass is 9.90. The monoisotopic (exact) mass is 539 g/mol. The standard InChI is InChI=1S/C32H33N3O5/c1-22-29(33-30(40-22)24-11-5-3-6-12-24)16-17-39-27-15-9-10-23(19-27)18-25-20-35(21-28(25)31(36)37)32(38)34(2)26-13-7-4-8-14-26/h3-15,19,25,28H,16-18,20-21H2,1-2H3,(H,36,37)/t25-,28+/m1/s1. The van der Waals surface area contributed by atoms with Crippen LogP contribution >= 0.6 is 0 Å². The van der Waals surface area contributed by atoms with E-state index in [0.29, 0.717) is 37.6 Å². The predicted octanol–water partition coefficient (Wildman–Crippen LogP) is 5.70. The first-order valence-electron chi connectivity index (χ1n) is 13.4. The quantitative estimate of drug-likeness (QED) is 0.293. The van der Waals surface area contributed by atoms with Gasteiger partial charge in [-0.3, -0.25) is 9.69 Å². The SMILES string of the molecule is Cc1oc(-c2ccccc2)nc1CCOc1cccc(C[C@@H]2CN(C(=O)N(C)c3ccccc3)C[C@@H]2C(=O)O)c1. The minimum atomic E-state index is -0.882. The van der Waals surface area contributed by atoms with E-state index in [1.165, 1.54) is 0 Å². The van der Waals surface area contributed by atoms with Crippen LogP contribution in [-0.4, -0.2) is 53.7 Å². The third kappa shape index (κ3) is 6.17. The molecule has 0 saturated carbocycles. The summed E-state index contributed by atoms with van der Waals surface area (Å²) in [4.78, 5) is 33.1. The molecule has 1 aliphatic rings. The second-order valence-electron chi connectivity index (χ2n) is 10.1. The zero-order valence-electron chi connectivity index (χ0n) is 22.7. The molecule has 1 N–H and O–H groups in total. The minimum absolute atomic E-state index is 0.189. The van der Waals surface area contributed by atoms with Crippen LogP contribution in [0.25, 0.3) is 11.5 Å². The fraction of sp³-hybridized carbons (Fsp3) is 0.281. The van der Waals surface area contributed by atoms with Gasteiger partial charge in [-0.2, -0.15) is 0 Å². The van der Waals surface area contributed by atoms with E-state index in [-0.39, 0.29) is 18.5 Å². The van der Waals surface area contributed by atoms with Crippen LogP contribution in [0.15, 0.2) is 89.3 Å². The molecule has 2 atom stereocenters. The number of carboxylic acid groups (broad SMARTS) is 1. The van der Waals surface area contributed by atoms with Crippen LogP contribution in [0.4, 0.5) is 10.5 Å². The number of nitrogens with zero attached hydrogens (tertiary/aromatic N) is 3. The number of hydrogen-bond donors (Lipinski definition) is 1. The van der Waals surface area contributed by atoms with Crippen LogP contribution in [-0.2, 0) is 17.6 Å². The molecule has 2 amide bonds. The molecule has 8 nitrogen and oxygen atoms in total. The molecule has 5 rings (SSSR count). The lowest BCUT2D eigenvalue weighted by Gasteiger charge is -2.24. The van der Waals surface area contributed by atoms with E-state index in [1.807, 2.05) is 91.9 Å². The molecule has 1 aromatic heterocycles. The molecule has 1 fully saturated rings. The highest BCUT2D eigenvalue weighted by Crippen LogP contribution is 2.30. The maximum Gasteiger partial charge on any atom is 0.324 e. The topological polar surface area (TPSA) is 96.1 Å². The van der Waals surface area contributed by atoms with Gasteiger partial charge in [-0.05, 0) is 61.2 Å². The number of benzene rings is 3. The molecule has 1 saturated heterocycles. The molecule has 3 aromatic carbocycles. The molecule has 0 unspecified atom stereocenters. The van der Waals surface area contributed by atoms with Crippen LogP contribution in [0, 0.1) is 18.8 Å². The second-order valence-corrected chi connectivity index (χ2v) is 10.1. The lowest BCUT2D eigenvalue weighted by molar-refractivity contribution is -0.142. The van der Waals surface area contributed by atoms with Crippen LogP contribution in [0.3, 0.4) is 0 Å². The van der Waals surface area contributed by atoms with Crippen molar-refractivity contribution < 1.29 is 23.8 Å². The molecule has 0 radical (unpaired) electrons. The lowest BCUT2D eigenvalue weighted by Crippen LogP contribution is -2.40. The number of aromatic nitrogens is 1. The Morgan fingerprint density at radius 2 is 1.75 bits per heavy atom. The van der Waals surface area contributed by atoms with Gasteiger partial charge in [0, 0.05) is 37.8 Å². The molecule has 40 heavy (non-hydrogen) atoms. The highest BCUT2D eigenvalue weighted by Gasteiger charge is 2.40. The van der Waals surface area contributed by atoms with Gasteiger partial charge >= 0.3 is 12.0 Å². The average Bonchev–Trinajstić information content (AvgIpc) is 3.57. The summed E-state index contributed by atoms with van der Waals surface area (Å²) in [7, 11) is 1.71. The number of aryl methyl sites for hydroxylation is 1. The Morgan fingerprint density at radius 3 is 2.48 bits per heavy atom. The van der Waals surface area contributed by atoms with Crippen LogP contribution in [0.2, 0.25) is 0 Å². The number of likely N-dealkylation sites (tertiary alicyclic amines) is 1. The summed E-state index contributed by atoms with van der Waals surface area (Å²) in [6.45, 7) is 2.91. The van der Waals surface area contributed by atoms with Crippen molar-refractivity contribution in [3.63, 3.8) is 0 Å². The van der Waals surface area contributed by atoms with Crippen molar-refractivity contribution in [2.24, 2.45) is 11.8 Å². The minimum Gasteiger partial charge on any atom is -0.493 e. The molecule has 1 aliphatic heterocycles. The second kappa shape index (κ2) is 12.1. The Balaban J connectivity index is 1.19. The van der Waals surface area contributed by atoms with Gasteiger partial charge in [0.15, 0.2) is 0 Å². The summed E-state index contributed by atoms with van der Waals surface area (Å²) in [5.41, 5.74) is 3.53. The Kier molecular flexibility index (Phi) is 8.15. The normalized spacial score (nSPS) is 16.6. The van der Waals surface area contributed by atoms with Gasteiger partial charge in [-0.1, -0.05) is 48.5 Å². The zero-order chi connectivity index (χ0) is 28.1. The van der Waals surface area contributed by atoms with Crippen molar-refractivity contribution >= 4 is 17.7 Å². The molecule has 206 valence electrons. The number of carbonyl (C=O) groups is 2. The number of aliphatic carboxylic acids is 1. The Hall–Kier alpha value is -4.59. The van der Waals surface area contributed by atoms with Crippen molar-refractivity contribution in [2.75, 3.05) is 31.6 Å². The number of oxazole rings is 1. The molecular weight excluding hydrogens is 506 g/mol. The number of ether oxygens (including phenoxy) is 1. The van der Waals surface area contributed by atoms with Gasteiger partial charge in [0.25, 0.3) is 0 Å². The third-order valence-corrected chi connectivity index (χ3v) is 7.38. The molecule has 0 aliphatic carbocycles. The van der Waals surface area contributed by atoms with Crippen LogP contribution in [0.1, 0.15) is 17.0 Å². The van der Waals surface area contributed by atoms with Crippen molar-refractivity contribution in [3.8, 4) is 17.2 Å². The van der Waals surface area contributed by atoms with Gasteiger partial charge in [0.2, 0.25) is 5.89 Å². The molecular formula is C32H33N3O5. The Bertz CT molecular complexity index is 1450. The van der Waals surface area contributed by atoms with E-state index in [1.54, 1.807) is 16.8 Å². The van der Waals surface area contributed by atoms with Gasteiger partial charge in [0.05, 0.1) is 18.2 Å². The van der Waals surface area contributed by atoms with Gasteiger partial charge in [-0.15, -0.1) is 0 Å². The van der Waals surface area contributed by atoms with Crippen molar-refractivity contribution in [3.05, 3.63) is 102 Å². The zero-order valence-corrected chi connectivity index (χ0v) is 22.7. The number of rotatable bonds is 9. The molecule has 8 heteroatoms. The number of para-hydroxylation sites is 1. The van der Waals surface area contributed by atoms with Crippen molar-refractivity contribution in [1.29, 1.82) is 0 Å². The number of hydrogen-bond acceptors (Lipinski definition) is 5. The van der Waals surface area contributed by atoms with Crippen LogP contribution in [0.5, 0.6) is 5.75 Å². The van der Waals surface area contributed by atoms with E-state index in [0.717, 1.165) is 28.3 Å². The first-order chi connectivity index (χ1) is 19.4. The van der Waals surface area contributed by atoms with E-state index < -0.39 is 11.9 Å². The van der Waals surface area contributed by atoms with E-state index in [2.05, 4.69) is 4.98 Å². The fourth-order valence-corrected chi connectivity index (χ4v) is 5.18. The fourth-order valence-electron chi connectivity index (χ4n) is 5.18. The Morgan fingerprint density at radius 1 is 1.02 bits per heavy atom. The van der Waals surface area contributed by atoms with E-state index in [4.69, 9.17) is 9.15 Å². The van der Waals surface area contributed by atoms with E-state index >= 15 is 0 Å². The summed E-state index contributed by atoms with van der Waals surface area (Å²) in [6, 6.07) is 26.7. The number of anilines is 1. The molecule has 0 spiro atoms. The highest BCUT2D eigenvalue weighted by molar-refractivity contribution is 5.92.